The average molecular weight is 313 g/mol. The van der Waals surface area contributed by atoms with Crippen molar-refractivity contribution < 1.29 is 14.4 Å². The Kier molecular flexibility index (Phi) is 2.83. The van der Waals surface area contributed by atoms with Gasteiger partial charge in [-0.25, -0.2) is 4.79 Å². The number of hydrogen-bond donors (Lipinski definition) is 1. The summed E-state index contributed by atoms with van der Waals surface area (Å²) in [7, 11) is 0. The highest BCUT2D eigenvalue weighted by molar-refractivity contribution is 8.00. The van der Waals surface area contributed by atoms with Gasteiger partial charge in [-0.15, -0.1) is 11.8 Å². The van der Waals surface area contributed by atoms with Crippen molar-refractivity contribution in [2.75, 3.05) is 5.75 Å². The molecule has 3 heterocycles. The number of rotatable bonds is 3. The summed E-state index contributed by atoms with van der Waals surface area (Å²) in [6, 6.07) is 9.21. The number of amides is 4. The molecule has 1 aromatic rings. The Morgan fingerprint density at radius 2 is 2.00 bits per heavy atom. The number of urea groups is 1. The van der Waals surface area contributed by atoms with E-state index in [0.717, 1.165) is 4.90 Å². The zero-order valence-corrected chi connectivity index (χ0v) is 12.2. The van der Waals surface area contributed by atoms with E-state index in [9.17, 15) is 14.4 Å². The first-order chi connectivity index (χ1) is 10.6. The Morgan fingerprint density at radius 3 is 2.77 bits per heavy atom. The average Bonchev–Trinajstić information content (AvgIpc) is 3.18. The van der Waals surface area contributed by atoms with Crippen LogP contribution >= 0.6 is 11.8 Å². The fourth-order valence-corrected chi connectivity index (χ4v) is 3.55. The van der Waals surface area contributed by atoms with Crippen LogP contribution in [0.15, 0.2) is 58.5 Å². The third-order valence-electron chi connectivity index (χ3n) is 3.71. The second-order valence-electron chi connectivity index (χ2n) is 5.05. The molecule has 1 aromatic carbocycles. The van der Waals surface area contributed by atoms with Crippen LogP contribution in [-0.2, 0) is 9.59 Å². The predicted octanol–water partition coefficient (Wildman–Crippen LogP) is 1.63. The second kappa shape index (κ2) is 4.74. The minimum atomic E-state index is -0.438. The van der Waals surface area contributed by atoms with E-state index in [4.69, 9.17) is 0 Å². The molecule has 0 aliphatic carbocycles. The molecule has 0 spiro atoms. The molecule has 0 radical (unpaired) electrons. The van der Waals surface area contributed by atoms with Gasteiger partial charge in [0, 0.05) is 17.5 Å². The lowest BCUT2D eigenvalue weighted by Crippen LogP contribution is -2.30. The van der Waals surface area contributed by atoms with Gasteiger partial charge >= 0.3 is 6.03 Å². The molecule has 0 atom stereocenters. The van der Waals surface area contributed by atoms with Crippen LogP contribution in [0, 0.1) is 0 Å². The molecule has 2 bridgehead atoms. The molecule has 22 heavy (non-hydrogen) atoms. The minimum Gasteiger partial charge on any atom is -0.286 e. The monoisotopic (exact) mass is 313 g/mol. The molecule has 0 aromatic heterocycles. The molecular formula is C15H11N3O3S. The van der Waals surface area contributed by atoms with Gasteiger partial charge in [0.05, 0.1) is 17.1 Å². The zero-order valence-electron chi connectivity index (χ0n) is 11.4. The summed E-state index contributed by atoms with van der Waals surface area (Å²) < 4.78 is 0. The summed E-state index contributed by atoms with van der Waals surface area (Å²) in [4.78, 5) is 39.7. The van der Waals surface area contributed by atoms with Crippen LogP contribution < -0.4 is 5.32 Å². The van der Waals surface area contributed by atoms with E-state index < -0.39 is 11.9 Å². The largest absolute Gasteiger partial charge is 0.333 e. The molecule has 3 aliphatic heterocycles. The normalized spacial score (nSPS) is 18.8. The molecule has 3 aliphatic rings. The van der Waals surface area contributed by atoms with Gasteiger partial charge < -0.3 is 0 Å². The number of carbonyl (C=O) groups excluding carboxylic acids is 3. The second-order valence-corrected chi connectivity index (χ2v) is 6.10. The number of imide groups is 1. The van der Waals surface area contributed by atoms with Crippen molar-refractivity contribution in [3.8, 4) is 0 Å². The number of thioether (sulfide) groups is 1. The van der Waals surface area contributed by atoms with Gasteiger partial charge in [0.2, 0.25) is 5.91 Å². The summed E-state index contributed by atoms with van der Waals surface area (Å²) in [6.07, 6.45) is 2.10. The zero-order chi connectivity index (χ0) is 15.3. The van der Waals surface area contributed by atoms with Crippen LogP contribution in [-0.4, -0.2) is 33.4 Å². The van der Waals surface area contributed by atoms with Gasteiger partial charge in [-0.05, 0) is 12.1 Å². The Balaban J connectivity index is 1.52. The van der Waals surface area contributed by atoms with Crippen LogP contribution in [0.5, 0.6) is 0 Å². The van der Waals surface area contributed by atoms with Crippen LogP contribution in [0.2, 0.25) is 0 Å². The standard InChI is InChI=1S/C15H11N3O3S/c19-12(8-22-10-4-2-1-3-5-10)17-7-9-6-11(17)13-14(20)16-15(21)18(9)13/h1-5,7H,6,8H2,(H,16,20,21). The van der Waals surface area contributed by atoms with Crippen molar-refractivity contribution in [2.45, 2.75) is 11.3 Å². The number of hydrogen-bond acceptors (Lipinski definition) is 4. The SMILES string of the molecule is O=C1NC(=O)N2C3=CN(C(=O)CSc4ccccc4)C(=C12)C3. The van der Waals surface area contributed by atoms with Gasteiger partial charge in [0.25, 0.3) is 5.91 Å². The molecular weight excluding hydrogens is 302 g/mol. The lowest BCUT2D eigenvalue weighted by Gasteiger charge is -2.21. The quantitative estimate of drug-likeness (QED) is 0.680. The van der Waals surface area contributed by atoms with Crippen molar-refractivity contribution in [2.24, 2.45) is 0 Å². The summed E-state index contributed by atoms with van der Waals surface area (Å²) in [5.74, 6) is -0.255. The van der Waals surface area contributed by atoms with Gasteiger partial charge in [-0.1, -0.05) is 18.2 Å². The van der Waals surface area contributed by atoms with Gasteiger partial charge in [-0.2, -0.15) is 0 Å². The van der Waals surface area contributed by atoms with Crippen molar-refractivity contribution in [3.63, 3.8) is 0 Å². The number of carbonyl (C=O) groups is 3. The predicted molar refractivity (Wildman–Crippen MR) is 79.1 cm³/mol. The smallest absolute Gasteiger partial charge is 0.286 e. The maximum absolute atomic E-state index is 12.4. The molecule has 7 heteroatoms. The summed E-state index contributed by atoms with van der Waals surface area (Å²) in [5.41, 5.74) is 1.56. The molecule has 110 valence electrons. The molecule has 1 N–H and O–H groups in total. The minimum absolute atomic E-state index is 0.0989. The fraction of sp³-hybridized carbons (Fsp3) is 0.133. The fourth-order valence-electron chi connectivity index (χ4n) is 2.77. The van der Waals surface area contributed by atoms with E-state index in [1.54, 1.807) is 6.20 Å². The number of benzene rings is 1. The third-order valence-corrected chi connectivity index (χ3v) is 4.71. The lowest BCUT2D eigenvalue weighted by molar-refractivity contribution is -0.124. The van der Waals surface area contributed by atoms with E-state index in [1.807, 2.05) is 30.3 Å². The molecule has 4 amide bonds. The number of nitrogens with one attached hydrogen (secondary N) is 1. The first-order valence-corrected chi connectivity index (χ1v) is 7.73. The van der Waals surface area contributed by atoms with E-state index in [0.29, 0.717) is 23.5 Å². The highest BCUT2D eigenvalue weighted by Gasteiger charge is 2.48. The first-order valence-electron chi connectivity index (χ1n) is 6.74. The molecule has 0 unspecified atom stereocenters. The Hall–Kier alpha value is -2.54. The summed E-state index contributed by atoms with van der Waals surface area (Å²) >= 11 is 1.45. The van der Waals surface area contributed by atoms with Crippen molar-refractivity contribution in [1.29, 1.82) is 0 Å². The summed E-state index contributed by atoms with van der Waals surface area (Å²) in [6.45, 7) is 0. The molecule has 6 nitrogen and oxygen atoms in total. The Morgan fingerprint density at radius 1 is 1.23 bits per heavy atom. The highest BCUT2D eigenvalue weighted by Crippen LogP contribution is 2.42. The van der Waals surface area contributed by atoms with E-state index in [1.165, 1.54) is 21.6 Å². The lowest BCUT2D eigenvalue weighted by atomic mass is 10.3. The van der Waals surface area contributed by atoms with Crippen molar-refractivity contribution in [3.05, 3.63) is 53.6 Å². The van der Waals surface area contributed by atoms with Crippen LogP contribution in [0.25, 0.3) is 0 Å². The molecule has 1 fully saturated rings. The maximum atomic E-state index is 12.4. The van der Waals surface area contributed by atoms with Crippen LogP contribution in [0.1, 0.15) is 6.42 Å². The van der Waals surface area contributed by atoms with Gasteiger partial charge in [-0.3, -0.25) is 24.7 Å². The van der Waals surface area contributed by atoms with Crippen molar-refractivity contribution >= 4 is 29.6 Å². The van der Waals surface area contributed by atoms with Crippen molar-refractivity contribution in [1.82, 2.24) is 15.1 Å². The number of nitrogens with zero attached hydrogens (tertiary/aromatic N) is 2. The molecule has 0 saturated carbocycles. The van der Waals surface area contributed by atoms with Crippen LogP contribution in [0.3, 0.4) is 0 Å². The van der Waals surface area contributed by atoms with Crippen LogP contribution in [0.4, 0.5) is 4.79 Å². The Labute approximate surface area is 130 Å². The van der Waals surface area contributed by atoms with E-state index in [2.05, 4.69) is 5.32 Å². The van der Waals surface area contributed by atoms with E-state index in [-0.39, 0.29) is 11.7 Å². The molecule has 1 saturated heterocycles. The Bertz CT molecular complexity index is 769. The van der Waals surface area contributed by atoms with E-state index >= 15 is 0 Å². The maximum Gasteiger partial charge on any atom is 0.333 e. The first kappa shape index (κ1) is 13.1. The highest BCUT2D eigenvalue weighted by atomic mass is 32.2. The van der Waals surface area contributed by atoms with Gasteiger partial charge in [0.1, 0.15) is 5.70 Å². The molecule has 4 rings (SSSR count). The summed E-state index contributed by atoms with van der Waals surface area (Å²) in [5, 5.41) is 2.24. The number of fused-ring (bicyclic) bond motifs is 4. The van der Waals surface area contributed by atoms with Gasteiger partial charge in [0.15, 0.2) is 0 Å². The third kappa shape index (κ3) is 1.86. The topological polar surface area (TPSA) is 69.7 Å².